The Kier molecular flexibility index (Phi) is 8.33. The third-order valence-corrected chi connectivity index (χ3v) is 6.34. The number of aromatic nitrogens is 2. The Morgan fingerprint density at radius 1 is 1.23 bits per heavy atom. The number of piperidine rings is 1. The van der Waals surface area contributed by atoms with Crippen LogP contribution in [0.1, 0.15) is 71.1 Å². The first-order valence-corrected chi connectivity index (χ1v) is 11.6. The molecule has 30 heavy (non-hydrogen) atoms. The Hall–Kier alpha value is -2.32. The zero-order valence-electron chi connectivity index (χ0n) is 17.8. The highest BCUT2D eigenvalue weighted by atomic mass is 32.1. The fraction of sp³-hybridized carbons (Fsp3) is 0.545. The topological polar surface area (TPSA) is 87.2 Å². The molecule has 0 saturated carbocycles. The molecule has 2 N–H and O–H groups in total. The second-order valence-electron chi connectivity index (χ2n) is 7.78. The summed E-state index contributed by atoms with van der Waals surface area (Å²) in [5, 5.41) is 15.0. The van der Waals surface area contributed by atoms with E-state index < -0.39 is 0 Å². The summed E-state index contributed by atoms with van der Waals surface area (Å²) >= 11 is 1.30. The molecule has 2 heterocycles. The molecule has 1 atom stereocenters. The van der Waals surface area contributed by atoms with Crippen molar-refractivity contribution in [1.29, 1.82) is 0 Å². The van der Waals surface area contributed by atoms with Crippen molar-refractivity contribution >= 4 is 28.8 Å². The van der Waals surface area contributed by atoms with Gasteiger partial charge in [-0.1, -0.05) is 30.7 Å². The summed E-state index contributed by atoms with van der Waals surface area (Å²) in [5.41, 5.74) is 1.10. The first kappa shape index (κ1) is 22.4. The lowest BCUT2D eigenvalue weighted by Crippen LogP contribution is -2.39. The van der Waals surface area contributed by atoms with Crippen LogP contribution in [0.25, 0.3) is 0 Å². The number of aryl methyl sites for hydroxylation is 1. The molecule has 0 unspecified atom stereocenters. The molecule has 2 aromatic rings. The van der Waals surface area contributed by atoms with E-state index in [1.807, 2.05) is 0 Å². The molecule has 0 aliphatic carbocycles. The Bertz CT molecular complexity index is 854. The number of carbonyl (C=O) groups excluding carboxylic acids is 2. The van der Waals surface area contributed by atoms with Crippen molar-refractivity contribution < 1.29 is 9.59 Å². The Balaban J connectivity index is 1.47. The molecule has 0 spiro atoms. The van der Waals surface area contributed by atoms with Crippen molar-refractivity contribution in [3.05, 3.63) is 39.8 Å². The van der Waals surface area contributed by atoms with Gasteiger partial charge in [-0.05, 0) is 57.4 Å². The Morgan fingerprint density at radius 3 is 2.90 bits per heavy atom. The molecule has 7 nitrogen and oxygen atoms in total. The monoisotopic (exact) mass is 429 g/mol. The van der Waals surface area contributed by atoms with E-state index in [0.29, 0.717) is 28.8 Å². The summed E-state index contributed by atoms with van der Waals surface area (Å²) < 4.78 is 0. The minimum Gasteiger partial charge on any atom is -0.352 e. The van der Waals surface area contributed by atoms with Gasteiger partial charge in [-0.25, -0.2) is 0 Å². The van der Waals surface area contributed by atoms with Gasteiger partial charge in [0.25, 0.3) is 11.8 Å². The summed E-state index contributed by atoms with van der Waals surface area (Å²) in [6.07, 6.45) is 6.57. The zero-order valence-corrected chi connectivity index (χ0v) is 18.6. The third-order valence-electron chi connectivity index (χ3n) is 5.36. The average molecular weight is 430 g/mol. The lowest BCUT2D eigenvalue weighted by atomic mass is 10.0. The Morgan fingerprint density at radius 2 is 2.10 bits per heavy atom. The van der Waals surface area contributed by atoms with Crippen LogP contribution in [-0.2, 0) is 6.42 Å². The summed E-state index contributed by atoms with van der Waals surface area (Å²) in [6, 6.07) is 7.61. The molecule has 1 aromatic heterocycles. The average Bonchev–Trinajstić information content (AvgIpc) is 3.21. The molecule has 1 aliphatic rings. The van der Waals surface area contributed by atoms with Crippen LogP contribution < -0.4 is 10.6 Å². The molecule has 1 fully saturated rings. The fourth-order valence-electron chi connectivity index (χ4n) is 3.66. The van der Waals surface area contributed by atoms with Gasteiger partial charge in [0.2, 0.25) is 5.01 Å². The van der Waals surface area contributed by atoms with E-state index in [0.717, 1.165) is 37.4 Å². The lowest BCUT2D eigenvalue weighted by Gasteiger charge is -2.33. The number of nitrogens with one attached hydrogen (secondary N) is 2. The minimum absolute atomic E-state index is 0.126. The second-order valence-corrected chi connectivity index (χ2v) is 8.84. The van der Waals surface area contributed by atoms with Gasteiger partial charge >= 0.3 is 0 Å². The second kappa shape index (κ2) is 11.2. The highest BCUT2D eigenvalue weighted by Gasteiger charge is 2.17. The van der Waals surface area contributed by atoms with Gasteiger partial charge in [-0.15, -0.1) is 10.2 Å². The van der Waals surface area contributed by atoms with Gasteiger partial charge in [-0.3, -0.25) is 9.59 Å². The lowest BCUT2D eigenvalue weighted by molar-refractivity contribution is 0.0947. The van der Waals surface area contributed by atoms with Crippen molar-refractivity contribution in [1.82, 2.24) is 20.4 Å². The van der Waals surface area contributed by atoms with Crippen LogP contribution in [0.3, 0.4) is 0 Å². The van der Waals surface area contributed by atoms with E-state index in [1.165, 1.54) is 30.6 Å². The van der Waals surface area contributed by atoms with E-state index in [-0.39, 0.29) is 11.8 Å². The molecule has 1 aliphatic heterocycles. The number of nitrogens with zero attached hydrogens (tertiary/aromatic N) is 3. The number of hydrogen-bond acceptors (Lipinski definition) is 6. The number of likely N-dealkylation sites (tertiary alicyclic amines) is 1. The van der Waals surface area contributed by atoms with Crippen LogP contribution in [0.5, 0.6) is 0 Å². The highest BCUT2D eigenvalue weighted by Crippen LogP contribution is 2.17. The maximum Gasteiger partial charge on any atom is 0.286 e. The normalized spacial score (nSPS) is 16.9. The van der Waals surface area contributed by atoms with Gasteiger partial charge in [0.05, 0.1) is 0 Å². The molecule has 8 heteroatoms. The van der Waals surface area contributed by atoms with E-state index in [9.17, 15) is 9.59 Å². The molecule has 1 aromatic carbocycles. The number of rotatable bonds is 9. The SMILES string of the molecule is CCCc1nnc(C(=O)Nc2cccc(C(=O)NCCCN3CCCC[C@@H]3C)c2)s1. The summed E-state index contributed by atoms with van der Waals surface area (Å²) in [7, 11) is 0. The van der Waals surface area contributed by atoms with Crippen molar-refractivity contribution in [2.75, 3.05) is 25.0 Å². The standard InChI is InChI=1S/C22H31N5O2S/c1-3-8-19-25-26-22(30-19)21(29)24-18-11-6-10-17(15-18)20(28)23-12-7-14-27-13-5-4-9-16(27)2/h6,10-11,15-16H,3-5,7-9,12-14H2,1-2H3,(H,23,28)(H,24,29)/t16-/m0/s1. The number of carbonyl (C=O) groups is 2. The predicted molar refractivity (Wildman–Crippen MR) is 120 cm³/mol. The third kappa shape index (κ3) is 6.34. The minimum atomic E-state index is -0.303. The van der Waals surface area contributed by atoms with E-state index in [2.05, 4.69) is 39.6 Å². The fourth-order valence-corrected chi connectivity index (χ4v) is 4.50. The maximum atomic E-state index is 12.5. The number of anilines is 1. The quantitative estimate of drug-likeness (QED) is 0.593. The highest BCUT2D eigenvalue weighted by molar-refractivity contribution is 7.13. The molecule has 1 saturated heterocycles. The molecular weight excluding hydrogens is 398 g/mol. The molecule has 3 rings (SSSR count). The first-order valence-electron chi connectivity index (χ1n) is 10.8. The van der Waals surface area contributed by atoms with Gasteiger partial charge in [0.1, 0.15) is 5.01 Å². The van der Waals surface area contributed by atoms with Gasteiger partial charge in [0.15, 0.2) is 0 Å². The zero-order chi connectivity index (χ0) is 21.3. The van der Waals surface area contributed by atoms with Crippen LogP contribution in [0.4, 0.5) is 5.69 Å². The van der Waals surface area contributed by atoms with Crippen LogP contribution in [0.2, 0.25) is 0 Å². The molecule has 162 valence electrons. The number of benzene rings is 1. The number of hydrogen-bond donors (Lipinski definition) is 2. The van der Waals surface area contributed by atoms with Gasteiger partial charge in [-0.2, -0.15) is 0 Å². The van der Waals surface area contributed by atoms with Crippen LogP contribution in [0.15, 0.2) is 24.3 Å². The van der Waals surface area contributed by atoms with Crippen molar-refractivity contribution in [2.45, 2.75) is 58.4 Å². The largest absolute Gasteiger partial charge is 0.352 e. The molecule has 0 radical (unpaired) electrons. The van der Waals surface area contributed by atoms with Crippen molar-refractivity contribution in [3.63, 3.8) is 0 Å². The summed E-state index contributed by atoms with van der Waals surface area (Å²) in [6.45, 7) is 7.16. The maximum absolute atomic E-state index is 12.5. The molecular formula is C22H31N5O2S. The van der Waals surface area contributed by atoms with E-state index in [4.69, 9.17) is 0 Å². The van der Waals surface area contributed by atoms with Crippen LogP contribution >= 0.6 is 11.3 Å². The predicted octanol–water partition coefficient (Wildman–Crippen LogP) is 3.74. The van der Waals surface area contributed by atoms with E-state index >= 15 is 0 Å². The van der Waals surface area contributed by atoms with Gasteiger partial charge in [0, 0.05) is 36.8 Å². The summed E-state index contributed by atoms with van der Waals surface area (Å²) in [5.74, 6) is -0.429. The Labute approximate surface area is 182 Å². The molecule has 0 bridgehead atoms. The smallest absolute Gasteiger partial charge is 0.286 e. The van der Waals surface area contributed by atoms with Crippen molar-refractivity contribution in [2.24, 2.45) is 0 Å². The van der Waals surface area contributed by atoms with Crippen molar-refractivity contribution in [3.8, 4) is 0 Å². The first-order chi connectivity index (χ1) is 14.6. The van der Waals surface area contributed by atoms with Crippen LogP contribution in [-0.4, -0.2) is 52.6 Å². The van der Waals surface area contributed by atoms with E-state index in [1.54, 1.807) is 24.3 Å². The summed E-state index contributed by atoms with van der Waals surface area (Å²) in [4.78, 5) is 27.4. The van der Waals surface area contributed by atoms with Gasteiger partial charge < -0.3 is 15.5 Å². The molecule has 2 amide bonds. The van der Waals surface area contributed by atoms with Crippen LogP contribution in [0, 0.1) is 0 Å². The number of amides is 2.